The molecule has 0 aliphatic heterocycles. The van der Waals surface area contributed by atoms with Crippen molar-refractivity contribution in [3.8, 4) is 0 Å². The summed E-state index contributed by atoms with van der Waals surface area (Å²) >= 11 is 6.95. The summed E-state index contributed by atoms with van der Waals surface area (Å²) < 4.78 is 0.461. The zero-order valence-electron chi connectivity index (χ0n) is 11.0. The summed E-state index contributed by atoms with van der Waals surface area (Å²) in [6.45, 7) is 0.265. The SMILES string of the molecule is NCC(N)C(=O)CCCCCCCCCC(Br)Br. The van der Waals surface area contributed by atoms with Crippen LogP contribution in [-0.2, 0) is 4.79 Å². The van der Waals surface area contributed by atoms with Gasteiger partial charge in [-0.05, 0) is 12.8 Å². The first-order valence-electron chi connectivity index (χ1n) is 6.84. The van der Waals surface area contributed by atoms with Crippen LogP contribution in [0.2, 0.25) is 0 Å². The molecule has 0 fully saturated rings. The van der Waals surface area contributed by atoms with Crippen LogP contribution >= 0.6 is 31.9 Å². The van der Waals surface area contributed by atoms with Crippen LogP contribution in [0.25, 0.3) is 0 Å². The number of hydrogen-bond donors (Lipinski definition) is 2. The molecular weight excluding hydrogens is 360 g/mol. The van der Waals surface area contributed by atoms with E-state index in [-0.39, 0.29) is 12.3 Å². The molecule has 0 aliphatic carbocycles. The second-order valence-electron chi connectivity index (χ2n) is 4.71. The zero-order chi connectivity index (χ0) is 13.8. The molecular formula is C13H26Br2N2O. The van der Waals surface area contributed by atoms with E-state index in [0.29, 0.717) is 10.2 Å². The van der Waals surface area contributed by atoms with Crippen molar-refractivity contribution in [3.63, 3.8) is 0 Å². The summed E-state index contributed by atoms with van der Waals surface area (Å²) in [6.07, 6.45) is 10.2. The van der Waals surface area contributed by atoms with Crippen LogP contribution in [-0.4, -0.2) is 22.1 Å². The molecule has 0 radical (unpaired) electrons. The average Bonchev–Trinajstić information content (AvgIpc) is 2.35. The Balaban J connectivity index is 3.19. The van der Waals surface area contributed by atoms with E-state index in [1.165, 1.54) is 38.5 Å². The van der Waals surface area contributed by atoms with Gasteiger partial charge in [0.25, 0.3) is 0 Å². The second-order valence-corrected chi connectivity index (χ2v) is 8.15. The molecule has 0 rings (SSSR count). The van der Waals surface area contributed by atoms with Gasteiger partial charge in [0, 0.05) is 13.0 Å². The molecule has 18 heavy (non-hydrogen) atoms. The van der Waals surface area contributed by atoms with Crippen molar-refractivity contribution in [1.29, 1.82) is 0 Å². The van der Waals surface area contributed by atoms with Gasteiger partial charge >= 0.3 is 0 Å². The molecule has 4 N–H and O–H groups in total. The fraction of sp³-hybridized carbons (Fsp3) is 0.923. The van der Waals surface area contributed by atoms with Gasteiger partial charge in [0.2, 0.25) is 0 Å². The number of hydrogen-bond acceptors (Lipinski definition) is 3. The van der Waals surface area contributed by atoms with Crippen LogP contribution in [0.3, 0.4) is 0 Å². The van der Waals surface area contributed by atoms with Crippen LogP contribution in [0, 0.1) is 0 Å². The van der Waals surface area contributed by atoms with E-state index in [1.807, 2.05) is 0 Å². The Bertz CT molecular complexity index is 213. The van der Waals surface area contributed by atoms with Crippen LogP contribution in [0.15, 0.2) is 0 Å². The minimum atomic E-state index is -0.452. The van der Waals surface area contributed by atoms with E-state index in [4.69, 9.17) is 11.5 Å². The van der Waals surface area contributed by atoms with E-state index in [2.05, 4.69) is 31.9 Å². The second kappa shape index (κ2) is 12.6. The molecule has 108 valence electrons. The maximum Gasteiger partial charge on any atom is 0.150 e. The minimum absolute atomic E-state index is 0.109. The Labute approximate surface area is 128 Å². The van der Waals surface area contributed by atoms with E-state index < -0.39 is 6.04 Å². The third-order valence-electron chi connectivity index (χ3n) is 3.01. The van der Waals surface area contributed by atoms with Crippen molar-refractivity contribution in [3.05, 3.63) is 0 Å². The third-order valence-corrected chi connectivity index (χ3v) is 3.93. The largest absolute Gasteiger partial charge is 0.328 e. The zero-order valence-corrected chi connectivity index (χ0v) is 14.2. The minimum Gasteiger partial charge on any atom is -0.328 e. The Morgan fingerprint density at radius 3 is 1.94 bits per heavy atom. The number of carbonyl (C=O) groups excluding carboxylic acids is 1. The van der Waals surface area contributed by atoms with Crippen molar-refractivity contribution in [2.45, 2.75) is 67.6 Å². The Hall–Kier alpha value is 0.550. The number of ketones is 1. The monoisotopic (exact) mass is 384 g/mol. The maximum absolute atomic E-state index is 11.4. The first kappa shape index (κ1) is 18.6. The summed E-state index contributed by atoms with van der Waals surface area (Å²) in [5.74, 6) is 0.109. The summed E-state index contributed by atoms with van der Waals surface area (Å²) in [5, 5.41) is 0. The smallest absolute Gasteiger partial charge is 0.150 e. The molecule has 5 heteroatoms. The van der Waals surface area contributed by atoms with Crippen LogP contribution in [0.1, 0.15) is 57.8 Å². The summed E-state index contributed by atoms with van der Waals surface area (Å²) in [4.78, 5) is 11.4. The van der Waals surface area contributed by atoms with Crippen LogP contribution in [0.4, 0.5) is 0 Å². The van der Waals surface area contributed by atoms with E-state index in [0.717, 1.165) is 12.8 Å². The van der Waals surface area contributed by atoms with Gasteiger partial charge in [-0.15, -0.1) is 0 Å². The number of alkyl halides is 2. The first-order chi connectivity index (χ1) is 8.57. The number of rotatable bonds is 12. The first-order valence-corrected chi connectivity index (χ1v) is 8.67. The highest BCUT2D eigenvalue weighted by Crippen LogP contribution is 2.17. The van der Waals surface area contributed by atoms with Crippen molar-refractivity contribution >= 4 is 37.6 Å². The highest BCUT2D eigenvalue weighted by molar-refractivity contribution is 9.24. The lowest BCUT2D eigenvalue weighted by molar-refractivity contribution is -0.120. The lowest BCUT2D eigenvalue weighted by atomic mass is 10.0. The fourth-order valence-electron chi connectivity index (χ4n) is 1.80. The molecule has 1 atom stereocenters. The number of halogens is 2. The van der Waals surface area contributed by atoms with Crippen LogP contribution < -0.4 is 11.5 Å². The summed E-state index contributed by atoms with van der Waals surface area (Å²) in [7, 11) is 0. The van der Waals surface area contributed by atoms with Crippen molar-refractivity contribution < 1.29 is 4.79 Å². The van der Waals surface area contributed by atoms with Gasteiger partial charge in [0.15, 0.2) is 5.78 Å². The number of Topliss-reactive ketones (excluding diaryl/α,β-unsaturated/α-hetero) is 1. The molecule has 0 heterocycles. The van der Waals surface area contributed by atoms with Gasteiger partial charge in [0.1, 0.15) is 0 Å². The van der Waals surface area contributed by atoms with Crippen molar-refractivity contribution in [2.24, 2.45) is 11.5 Å². The molecule has 0 spiro atoms. The summed E-state index contributed by atoms with van der Waals surface area (Å²) in [5.41, 5.74) is 10.9. The normalized spacial score (nSPS) is 12.9. The fourth-order valence-corrected chi connectivity index (χ4v) is 2.45. The molecule has 0 amide bonds. The Morgan fingerprint density at radius 2 is 1.44 bits per heavy atom. The number of unbranched alkanes of at least 4 members (excludes halogenated alkanes) is 6. The van der Waals surface area contributed by atoms with Crippen molar-refractivity contribution in [2.75, 3.05) is 6.54 Å². The van der Waals surface area contributed by atoms with Gasteiger partial charge in [-0.3, -0.25) is 4.79 Å². The molecule has 0 aliphatic rings. The molecule has 0 saturated heterocycles. The van der Waals surface area contributed by atoms with Gasteiger partial charge in [-0.1, -0.05) is 70.4 Å². The third kappa shape index (κ3) is 11.6. The molecule has 0 aromatic rings. The topological polar surface area (TPSA) is 69.1 Å². The Morgan fingerprint density at radius 1 is 0.944 bits per heavy atom. The van der Waals surface area contributed by atoms with Gasteiger partial charge < -0.3 is 11.5 Å². The lowest BCUT2D eigenvalue weighted by Crippen LogP contribution is -2.37. The molecule has 0 aromatic heterocycles. The van der Waals surface area contributed by atoms with Crippen molar-refractivity contribution in [1.82, 2.24) is 0 Å². The predicted octanol–water partition coefficient (Wildman–Crippen LogP) is 3.47. The highest BCUT2D eigenvalue weighted by atomic mass is 79.9. The van der Waals surface area contributed by atoms with Gasteiger partial charge in [-0.25, -0.2) is 0 Å². The average molecular weight is 386 g/mol. The van der Waals surface area contributed by atoms with Gasteiger partial charge in [0.05, 0.1) is 9.78 Å². The number of nitrogens with two attached hydrogens (primary N) is 2. The maximum atomic E-state index is 11.4. The van der Waals surface area contributed by atoms with E-state index >= 15 is 0 Å². The van der Waals surface area contributed by atoms with E-state index in [9.17, 15) is 4.79 Å². The predicted molar refractivity (Wildman–Crippen MR) is 85.2 cm³/mol. The summed E-state index contributed by atoms with van der Waals surface area (Å²) in [6, 6.07) is -0.452. The Kier molecular flexibility index (Phi) is 13.0. The van der Waals surface area contributed by atoms with Gasteiger partial charge in [-0.2, -0.15) is 0 Å². The quantitative estimate of drug-likeness (QED) is 0.399. The highest BCUT2D eigenvalue weighted by Gasteiger charge is 2.09. The van der Waals surface area contributed by atoms with E-state index in [1.54, 1.807) is 0 Å². The number of carbonyl (C=O) groups is 1. The molecule has 3 nitrogen and oxygen atoms in total. The molecule has 0 saturated carbocycles. The molecule has 1 unspecified atom stereocenters. The van der Waals surface area contributed by atoms with Crippen LogP contribution in [0.5, 0.6) is 0 Å². The molecule has 0 aromatic carbocycles. The molecule has 0 bridgehead atoms. The lowest BCUT2D eigenvalue weighted by Gasteiger charge is -2.07. The standard InChI is InChI=1S/C13H26Br2N2O/c14-13(15)9-7-5-3-1-2-4-6-8-12(18)11(17)10-16/h11,13H,1-10,16-17H2.